The maximum absolute atomic E-state index is 10.8. The summed E-state index contributed by atoms with van der Waals surface area (Å²) in [5, 5.41) is 8.55. The van der Waals surface area contributed by atoms with E-state index in [1.165, 1.54) is 0 Å². The molecule has 0 radical (unpaired) electrons. The molecular formula is C9H11NO. The number of nitrogens with zero attached hydrogens (tertiary/aromatic N) is 1. The molecule has 0 aromatic carbocycles. The fourth-order valence-corrected chi connectivity index (χ4v) is 1.27. The second kappa shape index (κ2) is 3.34. The van der Waals surface area contributed by atoms with Gasteiger partial charge < -0.3 is 0 Å². The third-order valence-electron chi connectivity index (χ3n) is 2.05. The van der Waals surface area contributed by atoms with Crippen LogP contribution in [0.2, 0.25) is 0 Å². The molecule has 0 saturated heterocycles. The van der Waals surface area contributed by atoms with Crippen molar-refractivity contribution in [1.82, 2.24) is 0 Å². The Kier molecular flexibility index (Phi) is 2.43. The van der Waals surface area contributed by atoms with Gasteiger partial charge in [0.25, 0.3) is 0 Å². The van der Waals surface area contributed by atoms with Crippen LogP contribution in [0, 0.1) is 17.2 Å². The van der Waals surface area contributed by atoms with Crippen LogP contribution in [0.4, 0.5) is 0 Å². The molecule has 2 heteroatoms. The van der Waals surface area contributed by atoms with Gasteiger partial charge in [-0.3, -0.25) is 4.79 Å². The molecule has 58 valence electrons. The van der Waals surface area contributed by atoms with Crippen LogP contribution in [0.1, 0.15) is 26.2 Å². The Labute approximate surface area is 66.5 Å². The molecule has 0 fully saturated rings. The van der Waals surface area contributed by atoms with Gasteiger partial charge in [-0.15, -0.1) is 0 Å². The number of nitriles is 1. The summed E-state index contributed by atoms with van der Waals surface area (Å²) < 4.78 is 0. The highest BCUT2D eigenvalue weighted by atomic mass is 16.1. The molecule has 0 amide bonds. The van der Waals surface area contributed by atoms with Gasteiger partial charge in [-0.1, -0.05) is 6.08 Å². The molecule has 1 unspecified atom stereocenters. The molecule has 0 aromatic rings. The first-order valence-electron chi connectivity index (χ1n) is 3.83. The van der Waals surface area contributed by atoms with Gasteiger partial charge in [-0.25, -0.2) is 0 Å². The third-order valence-corrected chi connectivity index (χ3v) is 2.05. The normalized spacial score (nSPS) is 23.6. The van der Waals surface area contributed by atoms with Crippen LogP contribution in [-0.2, 0) is 4.79 Å². The molecule has 1 rings (SSSR count). The molecule has 0 saturated carbocycles. The van der Waals surface area contributed by atoms with Gasteiger partial charge in [-0.2, -0.15) is 5.26 Å². The van der Waals surface area contributed by atoms with Crippen LogP contribution >= 0.6 is 0 Å². The topological polar surface area (TPSA) is 40.9 Å². The van der Waals surface area contributed by atoms with Crippen molar-refractivity contribution in [2.24, 2.45) is 5.92 Å². The molecule has 0 aliphatic heterocycles. The lowest BCUT2D eigenvalue weighted by atomic mass is 9.89. The Hall–Kier alpha value is -1.10. The summed E-state index contributed by atoms with van der Waals surface area (Å²) in [6.45, 7) is 1.58. The minimum absolute atomic E-state index is 0.137. The van der Waals surface area contributed by atoms with E-state index in [2.05, 4.69) is 6.07 Å². The fraction of sp³-hybridized carbons (Fsp3) is 0.556. The van der Waals surface area contributed by atoms with E-state index in [4.69, 9.17) is 5.26 Å². The second-order valence-corrected chi connectivity index (χ2v) is 2.89. The summed E-state index contributed by atoms with van der Waals surface area (Å²) in [7, 11) is 0. The molecule has 0 N–H and O–H groups in total. The van der Waals surface area contributed by atoms with Crippen LogP contribution in [0.5, 0.6) is 0 Å². The van der Waals surface area contributed by atoms with Crippen molar-refractivity contribution in [2.45, 2.75) is 26.2 Å². The lowest BCUT2D eigenvalue weighted by Gasteiger charge is -2.13. The number of Topliss-reactive ketones (excluding diaryl/α,β-unsaturated/α-hetero) is 1. The maximum Gasteiger partial charge on any atom is 0.155 e. The standard InChI is InChI=1S/C9H11NO/c1-7(11)9-4-2-8(6-10)3-5-9/h4,8H,2-3,5H2,1H3. The molecule has 1 aliphatic rings. The quantitative estimate of drug-likeness (QED) is 0.570. The zero-order valence-corrected chi connectivity index (χ0v) is 6.63. The van der Waals surface area contributed by atoms with E-state index >= 15 is 0 Å². The van der Waals surface area contributed by atoms with Gasteiger partial charge in [0.1, 0.15) is 0 Å². The van der Waals surface area contributed by atoms with Crippen molar-refractivity contribution >= 4 is 5.78 Å². The molecule has 2 nitrogen and oxygen atoms in total. The molecule has 0 bridgehead atoms. The predicted octanol–water partition coefficient (Wildman–Crippen LogP) is 1.83. The molecule has 1 aliphatic carbocycles. The van der Waals surface area contributed by atoms with Crippen LogP contribution in [0.15, 0.2) is 11.6 Å². The van der Waals surface area contributed by atoms with Gasteiger partial charge in [0, 0.05) is 0 Å². The third kappa shape index (κ3) is 1.91. The van der Waals surface area contributed by atoms with Gasteiger partial charge in [-0.05, 0) is 31.8 Å². The van der Waals surface area contributed by atoms with Crippen LogP contribution in [-0.4, -0.2) is 5.78 Å². The maximum atomic E-state index is 10.8. The summed E-state index contributed by atoms with van der Waals surface area (Å²) in [5.74, 6) is 0.291. The lowest BCUT2D eigenvalue weighted by Crippen LogP contribution is -2.07. The summed E-state index contributed by atoms with van der Waals surface area (Å²) in [4.78, 5) is 10.8. The van der Waals surface area contributed by atoms with E-state index < -0.39 is 0 Å². The van der Waals surface area contributed by atoms with Crippen molar-refractivity contribution in [3.63, 3.8) is 0 Å². The Morgan fingerprint density at radius 1 is 1.82 bits per heavy atom. The van der Waals surface area contributed by atoms with E-state index in [9.17, 15) is 4.79 Å². The van der Waals surface area contributed by atoms with E-state index in [0.29, 0.717) is 0 Å². The number of hydrogen-bond acceptors (Lipinski definition) is 2. The monoisotopic (exact) mass is 149 g/mol. The summed E-state index contributed by atoms with van der Waals surface area (Å²) in [6, 6.07) is 2.21. The SMILES string of the molecule is CC(=O)C1=CCC(C#N)CC1. The van der Waals surface area contributed by atoms with Gasteiger partial charge in [0.15, 0.2) is 5.78 Å². The highest BCUT2D eigenvalue weighted by molar-refractivity contribution is 5.93. The minimum atomic E-state index is 0.137. The molecule has 0 aromatic heterocycles. The van der Waals surface area contributed by atoms with E-state index in [-0.39, 0.29) is 11.7 Å². The smallest absolute Gasteiger partial charge is 0.155 e. The van der Waals surface area contributed by atoms with E-state index in [1.54, 1.807) is 6.92 Å². The summed E-state index contributed by atoms with van der Waals surface area (Å²) >= 11 is 0. The zero-order valence-electron chi connectivity index (χ0n) is 6.63. The summed E-state index contributed by atoms with van der Waals surface area (Å²) in [5.41, 5.74) is 0.900. The molecule has 11 heavy (non-hydrogen) atoms. The Morgan fingerprint density at radius 2 is 2.55 bits per heavy atom. The van der Waals surface area contributed by atoms with Gasteiger partial charge in [0.2, 0.25) is 0 Å². The van der Waals surface area contributed by atoms with Crippen LogP contribution in [0.3, 0.4) is 0 Å². The van der Waals surface area contributed by atoms with Crippen molar-refractivity contribution in [3.8, 4) is 6.07 Å². The molecule has 1 atom stereocenters. The number of allylic oxidation sites excluding steroid dienone is 2. The Bertz CT molecular complexity index is 234. The largest absolute Gasteiger partial charge is 0.295 e. The summed E-state index contributed by atoms with van der Waals surface area (Å²) in [6.07, 6.45) is 4.29. The van der Waals surface area contributed by atoms with Gasteiger partial charge in [0.05, 0.1) is 12.0 Å². The van der Waals surface area contributed by atoms with Crippen molar-refractivity contribution in [3.05, 3.63) is 11.6 Å². The number of carbonyl (C=O) groups is 1. The van der Waals surface area contributed by atoms with E-state index in [0.717, 1.165) is 24.8 Å². The molecular weight excluding hydrogens is 138 g/mol. The second-order valence-electron chi connectivity index (χ2n) is 2.89. The Balaban J connectivity index is 2.59. The number of rotatable bonds is 1. The number of ketones is 1. The van der Waals surface area contributed by atoms with Crippen molar-refractivity contribution < 1.29 is 4.79 Å². The van der Waals surface area contributed by atoms with E-state index in [1.807, 2.05) is 6.08 Å². The fourth-order valence-electron chi connectivity index (χ4n) is 1.27. The van der Waals surface area contributed by atoms with Crippen LogP contribution in [0.25, 0.3) is 0 Å². The van der Waals surface area contributed by atoms with Crippen molar-refractivity contribution in [2.75, 3.05) is 0 Å². The first kappa shape index (κ1) is 8.00. The first-order chi connectivity index (χ1) is 5.24. The molecule has 0 spiro atoms. The molecule has 0 heterocycles. The lowest BCUT2D eigenvalue weighted by molar-refractivity contribution is -0.113. The highest BCUT2D eigenvalue weighted by Crippen LogP contribution is 2.22. The van der Waals surface area contributed by atoms with Crippen LogP contribution < -0.4 is 0 Å². The average Bonchev–Trinajstić information content (AvgIpc) is 2.05. The zero-order chi connectivity index (χ0) is 8.27. The average molecular weight is 149 g/mol. The first-order valence-corrected chi connectivity index (χ1v) is 3.83. The Morgan fingerprint density at radius 3 is 2.91 bits per heavy atom. The van der Waals surface area contributed by atoms with Crippen molar-refractivity contribution in [1.29, 1.82) is 5.26 Å². The number of hydrogen-bond donors (Lipinski definition) is 0. The predicted molar refractivity (Wildman–Crippen MR) is 41.7 cm³/mol. The van der Waals surface area contributed by atoms with Gasteiger partial charge >= 0.3 is 0 Å². The minimum Gasteiger partial charge on any atom is -0.295 e. The highest BCUT2D eigenvalue weighted by Gasteiger charge is 2.15. The number of carbonyl (C=O) groups excluding carboxylic acids is 1.